The predicted octanol–water partition coefficient (Wildman–Crippen LogP) is 4.77. The van der Waals surface area contributed by atoms with Crippen molar-refractivity contribution in [2.75, 3.05) is 0 Å². The summed E-state index contributed by atoms with van der Waals surface area (Å²) in [5, 5.41) is 11.8. The number of nitrogens with zero attached hydrogens (tertiary/aromatic N) is 3. The molecule has 0 amide bonds. The van der Waals surface area contributed by atoms with Gasteiger partial charge in [-0.3, -0.25) is 19.5 Å². The Morgan fingerprint density at radius 3 is 2.41 bits per heavy atom. The molecule has 4 rings (SSSR count). The van der Waals surface area contributed by atoms with Crippen LogP contribution in [0, 0.1) is 17.0 Å². The van der Waals surface area contributed by atoms with E-state index in [4.69, 9.17) is 0 Å². The van der Waals surface area contributed by atoms with Crippen LogP contribution in [0.5, 0.6) is 0 Å². The van der Waals surface area contributed by atoms with E-state index in [1.807, 2.05) is 37.3 Å². The number of nitro groups is 1. The van der Waals surface area contributed by atoms with Crippen LogP contribution in [0.2, 0.25) is 0 Å². The number of fused-ring (bicyclic) bond motifs is 1. The van der Waals surface area contributed by atoms with E-state index >= 15 is 0 Å². The summed E-state index contributed by atoms with van der Waals surface area (Å²) in [6, 6.07) is 21.1. The van der Waals surface area contributed by atoms with E-state index in [0.717, 1.165) is 11.3 Å². The smallest absolute Gasteiger partial charge is 0.268 e. The van der Waals surface area contributed by atoms with Gasteiger partial charge in [0, 0.05) is 6.07 Å². The van der Waals surface area contributed by atoms with E-state index in [0.29, 0.717) is 22.3 Å². The van der Waals surface area contributed by atoms with Crippen LogP contribution >= 0.6 is 0 Å². The van der Waals surface area contributed by atoms with Crippen molar-refractivity contribution < 1.29 is 4.92 Å². The number of nitro benzene ring substituents is 1. The monoisotopic (exact) mass is 383 g/mol. The lowest BCUT2D eigenvalue weighted by molar-refractivity contribution is -0.385. The molecule has 0 unspecified atom stereocenters. The minimum absolute atomic E-state index is 0.00525. The Kier molecular flexibility index (Phi) is 4.75. The number of aromatic nitrogens is 2. The fraction of sp³-hybridized carbons (Fsp3) is 0.0435. The molecule has 0 N–H and O–H groups in total. The maximum Gasteiger partial charge on any atom is 0.276 e. The maximum atomic E-state index is 13.3. The van der Waals surface area contributed by atoms with Crippen molar-refractivity contribution in [1.29, 1.82) is 0 Å². The molecule has 29 heavy (non-hydrogen) atoms. The maximum absolute atomic E-state index is 13.3. The van der Waals surface area contributed by atoms with Crippen LogP contribution in [-0.2, 0) is 0 Å². The first-order valence-electron chi connectivity index (χ1n) is 9.05. The molecule has 0 aliphatic carbocycles. The van der Waals surface area contributed by atoms with Gasteiger partial charge in [0.1, 0.15) is 5.82 Å². The molecule has 3 aromatic carbocycles. The number of aryl methyl sites for hydroxylation is 1. The molecule has 6 heteroatoms. The highest BCUT2D eigenvalue weighted by atomic mass is 16.6. The molecule has 0 saturated carbocycles. The fourth-order valence-electron chi connectivity index (χ4n) is 3.27. The lowest BCUT2D eigenvalue weighted by atomic mass is 10.1. The third-order valence-electron chi connectivity index (χ3n) is 4.70. The quantitative estimate of drug-likeness (QED) is 0.375. The largest absolute Gasteiger partial charge is 0.276 e. The van der Waals surface area contributed by atoms with Crippen molar-refractivity contribution in [3.05, 3.63) is 110 Å². The van der Waals surface area contributed by atoms with Gasteiger partial charge in [0.15, 0.2) is 0 Å². The summed E-state index contributed by atoms with van der Waals surface area (Å²) in [6.45, 7) is 1.92. The van der Waals surface area contributed by atoms with Gasteiger partial charge in [0.2, 0.25) is 0 Å². The Bertz CT molecular complexity index is 1320. The predicted molar refractivity (Wildman–Crippen MR) is 114 cm³/mol. The van der Waals surface area contributed by atoms with Gasteiger partial charge in [-0.1, -0.05) is 42.5 Å². The van der Waals surface area contributed by atoms with Crippen LogP contribution in [0.4, 0.5) is 5.69 Å². The van der Waals surface area contributed by atoms with Crippen LogP contribution < -0.4 is 5.56 Å². The van der Waals surface area contributed by atoms with Gasteiger partial charge < -0.3 is 0 Å². The molecular formula is C23H17N3O3. The molecular weight excluding hydrogens is 366 g/mol. The zero-order valence-corrected chi connectivity index (χ0v) is 15.6. The van der Waals surface area contributed by atoms with Crippen molar-refractivity contribution in [2.24, 2.45) is 0 Å². The number of benzene rings is 3. The highest BCUT2D eigenvalue weighted by Gasteiger charge is 2.14. The van der Waals surface area contributed by atoms with Gasteiger partial charge in [-0.05, 0) is 48.9 Å². The van der Waals surface area contributed by atoms with Crippen molar-refractivity contribution in [2.45, 2.75) is 6.92 Å². The number of para-hydroxylation sites is 3. The van der Waals surface area contributed by atoms with Crippen LogP contribution in [-0.4, -0.2) is 14.5 Å². The summed E-state index contributed by atoms with van der Waals surface area (Å²) in [5.41, 5.74) is 2.47. The van der Waals surface area contributed by atoms with E-state index in [2.05, 4.69) is 4.98 Å². The number of rotatable bonds is 4. The van der Waals surface area contributed by atoms with E-state index in [9.17, 15) is 14.9 Å². The second kappa shape index (κ2) is 7.52. The molecule has 0 bridgehead atoms. The molecule has 4 aromatic rings. The SMILES string of the molecule is Cc1ccccc1-n1c(C=Cc2ccccc2[N+](=O)[O-])nc2ccccc2c1=O. The van der Waals surface area contributed by atoms with Crippen LogP contribution in [0.15, 0.2) is 77.6 Å². The zero-order valence-electron chi connectivity index (χ0n) is 15.6. The Balaban J connectivity index is 1.97. The van der Waals surface area contributed by atoms with Gasteiger partial charge in [-0.15, -0.1) is 0 Å². The Labute approximate surface area is 166 Å². The molecule has 0 aliphatic rings. The average molecular weight is 383 g/mol. The van der Waals surface area contributed by atoms with Crippen molar-refractivity contribution in [1.82, 2.24) is 9.55 Å². The van der Waals surface area contributed by atoms with Gasteiger partial charge in [-0.2, -0.15) is 0 Å². The summed E-state index contributed by atoms with van der Waals surface area (Å²) in [4.78, 5) is 28.8. The van der Waals surface area contributed by atoms with Crippen molar-refractivity contribution in [3.8, 4) is 5.69 Å². The molecule has 0 saturated heterocycles. The summed E-state index contributed by atoms with van der Waals surface area (Å²) < 4.78 is 1.54. The van der Waals surface area contributed by atoms with Crippen LogP contribution in [0.1, 0.15) is 17.0 Å². The van der Waals surface area contributed by atoms with E-state index < -0.39 is 4.92 Å². The Morgan fingerprint density at radius 1 is 0.931 bits per heavy atom. The lowest BCUT2D eigenvalue weighted by Crippen LogP contribution is -2.23. The fourth-order valence-corrected chi connectivity index (χ4v) is 3.27. The van der Waals surface area contributed by atoms with Gasteiger partial charge in [0.25, 0.3) is 11.2 Å². The number of hydrogen-bond donors (Lipinski definition) is 0. The summed E-state index contributed by atoms with van der Waals surface area (Å²) >= 11 is 0. The second-order valence-electron chi connectivity index (χ2n) is 6.56. The molecule has 0 radical (unpaired) electrons. The first kappa shape index (κ1) is 18.3. The Morgan fingerprint density at radius 2 is 1.62 bits per heavy atom. The molecule has 6 nitrogen and oxygen atoms in total. The summed E-state index contributed by atoms with van der Waals surface area (Å²) in [6.07, 6.45) is 3.26. The lowest BCUT2D eigenvalue weighted by Gasteiger charge is -2.13. The first-order valence-corrected chi connectivity index (χ1v) is 9.05. The zero-order chi connectivity index (χ0) is 20.4. The van der Waals surface area contributed by atoms with E-state index in [-0.39, 0.29) is 11.2 Å². The minimum Gasteiger partial charge on any atom is -0.268 e. The molecule has 142 valence electrons. The van der Waals surface area contributed by atoms with Crippen molar-refractivity contribution >= 4 is 28.7 Å². The van der Waals surface area contributed by atoms with Gasteiger partial charge in [0.05, 0.1) is 27.1 Å². The Hall–Kier alpha value is -4.06. The average Bonchev–Trinajstić information content (AvgIpc) is 2.73. The molecule has 1 aromatic heterocycles. The third kappa shape index (κ3) is 3.43. The van der Waals surface area contributed by atoms with E-state index in [1.165, 1.54) is 6.07 Å². The standard InChI is InChI=1S/C23H17N3O3/c1-16-8-2-6-12-20(16)25-22(24-19-11-5-4-10-18(19)23(25)27)15-14-17-9-3-7-13-21(17)26(28)29/h2-15H,1H3. The van der Waals surface area contributed by atoms with Crippen LogP contribution in [0.3, 0.4) is 0 Å². The summed E-state index contributed by atoms with van der Waals surface area (Å²) in [7, 11) is 0. The first-order chi connectivity index (χ1) is 14.1. The van der Waals surface area contributed by atoms with Crippen LogP contribution in [0.25, 0.3) is 28.7 Å². The van der Waals surface area contributed by atoms with Crippen molar-refractivity contribution in [3.63, 3.8) is 0 Å². The third-order valence-corrected chi connectivity index (χ3v) is 4.70. The molecule has 0 spiro atoms. The molecule has 0 aliphatic heterocycles. The number of hydrogen-bond acceptors (Lipinski definition) is 4. The summed E-state index contributed by atoms with van der Waals surface area (Å²) in [5.74, 6) is 0.404. The van der Waals surface area contributed by atoms with Gasteiger partial charge >= 0.3 is 0 Å². The second-order valence-corrected chi connectivity index (χ2v) is 6.56. The minimum atomic E-state index is -0.429. The highest BCUT2D eigenvalue weighted by molar-refractivity contribution is 5.80. The molecule has 1 heterocycles. The normalized spacial score (nSPS) is 11.2. The van der Waals surface area contributed by atoms with E-state index in [1.54, 1.807) is 53.1 Å². The molecule has 0 fully saturated rings. The van der Waals surface area contributed by atoms with Gasteiger partial charge in [-0.25, -0.2) is 4.98 Å². The highest BCUT2D eigenvalue weighted by Crippen LogP contribution is 2.22. The molecule has 0 atom stereocenters. The topological polar surface area (TPSA) is 78.0 Å².